The van der Waals surface area contributed by atoms with Gasteiger partial charge >= 0.3 is 0 Å². The molecular weight excluding hydrogens is 345 g/mol. The van der Waals surface area contributed by atoms with Crippen LogP contribution < -0.4 is 5.32 Å². The van der Waals surface area contributed by atoms with Gasteiger partial charge in [0.05, 0.1) is 6.04 Å². The van der Waals surface area contributed by atoms with E-state index in [9.17, 15) is 9.90 Å². The molecule has 1 amide bonds. The van der Waals surface area contributed by atoms with Crippen LogP contribution in [0.4, 0.5) is 0 Å². The zero-order chi connectivity index (χ0) is 17.1. The molecule has 0 aliphatic rings. The van der Waals surface area contributed by atoms with E-state index in [1.807, 2.05) is 42.5 Å². The molecule has 0 bridgehead atoms. The number of rotatable bonds is 4. The lowest BCUT2D eigenvalue weighted by Gasteiger charge is -2.22. The molecule has 1 unspecified atom stereocenters. The van der Waals surface area contributed by atoms with Gasteiger partial charge in [0.1, 0.15) is 11.6 Å². The Bertz CT molecular complexity index is 878. The number of nitrogens with one attached hydrogen (secondary N) is 1. The van der Waals surface area contributed by atoms with E-state index in [1.54, 1.807) is 18.2 Å². The number of alkyl halides is 1. The fourth-order valence-electron chi connectivity index (χ4n) is 2.76. The van der Waals surface area contributed by atoms with Gasteiger partial charge in [0.25, 0.3) is 0 Å². The summed E-state index contributed by atoms with van der Waals surface area (Å²) < 4.78 is 0. The summed E-state index contributed by atoms with van der Waals surface area (Å²) >= 11 is 11.6. The number of fused-ring (bicyclic) bond motifs is 1. The van der Waals surface area contributed by atoms with Gasteiger partial charge in [-0.3, -0.25) is 4.79 Å². The molecule has 0 aliphatic carbocycles. The minimum Gasteiger partial charge on any atom is -0.508 e. The predicted molar refractivity (Wildman–Crippen MR) is 97.8 cm³/mol. The standard InChI is InChI=1S/C19H15Cl2NO2/c20-11-17(24)22-19(13-5-8-14(21)9-6-13)18-15-4-2-1-3-12(15)7-10-16(18)23/h1-10,19,23H,11H2,(H,22,24). The number of halogens is 2. The van der Waals surface area contributed by atoms with Crippen molar-refractivity contribution in [3.05, 3.63) is 76.8 Å². The van der Waals surface area contributed by atoms with Gasteiger partial charge < -0.3 is 10.4 Å². The first kappa shape index (κ1) is 16.6. The molecule has 3 aromatic rings. The topological polar surface area (TPSA) is 49.3 Å². The molecular formula is C19H15Cl2NO2. The van der Waals surface area contributed by atoms with Crippen LogP contribution in [0.5, 0.6) is 5.75 Å². The summed E-state index contributed by atoms with van der Waals surface area (Å²) in [6, 6.07) is 17.8. The van der Waals surface area contributed by atoms with Crippen molar-refractivity contribution in [1.82, 2.24) is 5.32 Å². The maximum Gasteiger partial charge on any atom is 0.235 e. The lowest BCUT2D eigenvalue weighted by Crippen LogP contribution is -2.30. The second kappa shape index (κ2) is 7.12. The number of benzene rings is 3. The summed E-state index contributed by atoms with van der Waals surface area (Å²) in [5, 5.41) is 15.8. The Morgan fingerprint density at radius 1 is 1.04 bits per heavy atom. The van der Waals surface area contributed by atoms with Gasteiger partial charge in [0.15, 0.2) is 0 Å². The van der Waals surface area contributed by atoms with E-state index in [-0.39, 0.29) is 17.5 Å². The van der Waals surface area contributed by atoms with Crippen molar-refractivity contribution in [2.75, 3.05) is 5.88 Å². The quantitative estimate of drug-likeness (QED) is 0.666. The normalized spacial score (nSPS) is 12.1. The van der Waals surface area contributed by atoms with Gasteiger partial charge in [-0.25, -0.2) is 0 Å². The average molecular weight is 360 g/mol. The number of phenolic OH excluding ortho intramolecular Hbond substituents is 1. The van der Waals surface area contributed by atoms with E-state index in [4.69, 9.17) is 23.2 Å². The molecule has 5 heteroatoms. The highest BCUT2D eigenvalue weighted by molar-refractivity contribution is 6.30. The van der Waals surface area contributed by atoms with Crippen molar-refractivity contribution < 1.29 is 9.90 Å². The summed E-state index contributed by atoms with van der Waals surface area (Å²) in [5.74, 6) is -0.359. The summed E-state index contributed by atoms with van der Waals surface area (Å²) in [6.07, 6.45) is 0. The Morgan fingerprint density at radius 3 is 2.46 bits per heavy atom. The number of aromatic hydroxyl groups is 1. The zero-order valence-corrected chi connectivity index (χ0v) is 14.2. The Morgan fingerprint density at radius 2 is 1.75 bits per heavy atom. The predicted octanol–water partition coefficient (Wildman–Crippen LogP) is 4.64. The highest BCUT2D eigenvalue weighted by atomic mass is 35.5. The number of phenols is 1. The number of hydrogen-bond donors (Lipinski definition) is 2. The lowest BCUT2D eigenvalue weighted by molar-refractivity contribution is -0.119. The first-order chi connectivity index (χ1) is 11.6. The van der Waals surface area contributed by atoms with Crippen LogP contribution in [0.2, 0.25) is 5.02 Å². The SMILES string of the molecule is O=C(CCl)NC(c1ccc(Cl)cc1)c1c(O)ccc2ccccc12. The molecule has 0 aliphatic heterocycles. The largest absolute Gasteiger partial charge is 0.508 e. The molecule has 0 spiro atoms. The third kappa shape index (κ3) is 3.32. The summed E-state index contributed by atoms with van der Waals surface area (Å²) in [4.78, 5) is 11.9. The maximum atomic E-state index is 11.9. The van der Waals surface area contributed by atoms with Gasteiger partial charge in [-0.2, -0.15) is 0 Å². The third-order valence-corrected chi connectivity index (χ3v) is 4.36. The van der Waals surface area contributed by atoms with E-state index in [0.29, 0.717) is 10.6 Å². The van der Waals surface area contributed by atoms with E-state index in [0.717, 1.165) is 16.3 Å². The van der Waals surface area contributed by atoms with Crippen LogP contribution in [0.15, 0.2) is 60.7 Å². The highest BCUT2D eigenvalue weighted by Crippen LogP contribution is 2.36. The van der Waals surface area contributed by atoms with Crippen molar-refractivity contribution >= 4 is 39.9 Å². The molecule has 0 saturated carbocycles. The van der Waals surface area contributed by atoms with Crippen molar-refractivity contribution in [1.29, 1.82) is 0 Å². The van der Waals surface area contributed by atoms with E-state index >= 15 is 0 Å². The summed E-state index contributed by atoms with van der Waals surface area (Å²) in [7, 11) is 0. The number of hydrogen-bond acceptors (Lipinski definition) is 2. The van der Waals surface area contributed by atoms with Crippen LogP contribution in [0.1, 0.15) is 17.2 Å². The zero-order valence-electron chi connectivity index (χ0n) is 12.7. The summed E-state index contributed by atoms with van der Waals surface area (Å²) in [6.45, 7) is 0. The van der Waals surface area contributed by atoms with Crippen LogP contribution in [-0.4, -0.2) is 16.9 Å². The molecule has 24 heavy (non-hydrogen) atoms. The Hall–Kier alpha value is -2.23. The average Bonchev–Trinajstić information content (AvgIpc) is 2.61. The number of carbonyl (C=O) groups is 1. The first-order valence-electron chi connectivity index (χ1n) is 7.41. The highest BCUT2D eigenvalue weighted by Gasteiger charge is 2.22. The van der Waals surface area contributed by atoms with E-state index < -0.39 is 6.04 Å². The molecule has 0 heterocycles. The van der Waals surface area contributed by atoms with Gasteiger partial charge in [0.2, 0.25) is 5.91 Å². The molecule has 122 valence electrons. The van der Waals surface area contributed by atoms with E-state index in [2.05, 4.69) is 5.32 Å². The van der Waals surface area contributed by atoms with Crippen molar-refractivity contribution in [3.8, 4) is 5.75 Å². The van der Waals surface area contributed by atoms with Crippen molar-refractivity contribution in [2.45, 2.75) is 6.04 Å². The minimum absolute atomic E-state index is 0.114. The second-order valence-corrected chi connectivity index (χ2v) is 6.11. The van der Waals surface area contributed by atoms with Gasteiger partial charge in [-0.1, -0.05) is 54.1 Å². The van der Waals surface area contributed by atoms with Gasteiger partial charge in [-0.15, -0.1) is 11.6 Å². The van der Waals surface area contributed by atoms with Crippen LogP contribution in [0.25, 0.3) is 10.8 Å². The van der Waals surface area contributed by atoms with Crippen LogP contribution >= 0.6 is 23.2 Å². The molecule has 0 aromatic heterocycles. The Kier molecular flexibility index (Phi) is 4.93. The van der Waals surface area contributed by atoms with Crippen molar-refractivity contribution in [3.63, 3.8) is 0 Å². The monoisotopic (exact) mass is 359 g/mol. The molecule has 0 radical (unpaired) electrons. The second-order valence-electron chi connectivity index (χ2n) is 5.41. The van der Waals surface area contributed by atoms with E-state index in [1.165, 1.54) is 0 Å². The summed E-state index contributed by atoms with van der Waals surface area (Å²) in [5.41, 5.74) is 1.44. The molecule has 2 N–H and O–H groups in total. The molecule has 0 fully saturated rings. The Labute approximate surface area is 149 Å². The van der Waals surface area contributed by atoms with Crippen molar-refractivity contribution in [2.24, 2.45) is 0 Å². The number of amides is 1. The fourth-order valence-corrected chi connectivity index (χ4v) is 2.97. The van der Waals surface area contributed by atoms with Crippen LogP contribution in [-0.2, 0) is 4.79 Å². The fraction of sp³-hybridized carbons (Fsp3) is 0.105. The number of carbonyl (C=O) groups excluding carboxylic acids is 1. The molecule has 3 rings (SSSR count). The van der Waals surface area contributed by atoms with Crippen LogP contribution in [0, 0.1) is 0 Å². The minimum atomic E-state index is -0.528. The maximum absolute atomic E-state index is 11.9. The molecule has 1 atom stereocenters. The molecule has 0 saturated heterocycles. The Balaban J connectivity index is 2.20. The lowest BCUT2D eigenvalue weighted by atomic mass is 9.92. The third-order valence-electron chi connectivity index (χ3n) is 3.87. The first-order valence-corrected chi connectivity index (χ1v) is 8.33. The molecule has 3 aromatic carbocycles. The van der Waals surface area contributed by atoms with Gasteiger partial charge in [-0.05, 0) is 34.5 Å². The smallest absolute Gasteiger partial charge is 0.235 e. The van der Waals surface area contributed by atoms with Gasteiger partial charge in [0, 0.05) is 10.6 Å². The molecule has 3 nitrogen and oxygen atoms in total. The van der Waals surface area contributed by atoms with Crippen LogP contribution in [0.3, 0.4) is 0 Å².